The fraction of sp³-hybridized carbons (Fsp3) is 0.424. The molecular formula is C33H43BrN6O2. The number of likely N-dealkylation sites (tertiary alicyclic amines) is 1. The summed E-state index contributed by atoms with van der Waals surface area (Å²) in [5.41, 5.74) is 4.20. The van der Waals surface area contributed by atoms with E-state index in [1.54, 1.807) is 17.2 Å². The van der Waals surface area contributed by atoms with Crippen LogP contribution in [0.3, 0.4) is 0 Å². The van der Waals surface area contributed by atoms with Gasteiger partial charge in [-0.15, -0.1) is 13.0 Å². The molecule has 0 atom stereocenters. The number of amides is 2. The van der Waals surface area contributed by atoms with Crippen molar-refractivity contribution < 1.29 is 9.59 Å². The molecule has 0 radical (unpaired) electrons. The molecule has 2 saturated heterocycles. The summed E-state index contributed by atoms with van der Waals surface area (Å²) in [5.74, 6) is 3.54. The van der Waals surface area contributed by atoms with Gasteiger partial charge in [-0.1, -0.05) is 48.2 Å². The fourth-order valence-electron chi connectivity index (χ4n) is 5.05. The predicted octanol–water partition coefficient (Wildman–Crippen LogP) is 4.98. The molecule has 5 rings (SSSR count). The highest BCUT2D eigenvalue weighted by Gasteiger charge is 2.27. The summed E-state index contributed by atoms with van der Waals surface area (Å²) in [5, 5.41) is 4.21. The summed E-state index contributed by atoms with van der Waals surface area (Å²) in [7, 11) is 0. The molecule has 4 heterocycles. The van der Waals surface area contributed by atoms with E-state index in [2.05, 4.69) is 86.0 Å². The van der Waals surface area contributed by atoms with Crippen LogP contribution in [0.1, 0.15) is 44.0 Å². The van der Waals surface area contributed by atoms with Crippen LogP contribution in [0.4, 0.5) is 5.82 Å². The number of rotatable bonds is 7. The van der Waals surface area contributed by atoms with Gasteiger partial charge < -0.3 is 19.7 Å². The highest BCUT2D eigenvalue weighted by Crippen LogP contribution is 2.30. The minimum absolute atomic E-state index is 0.0306. The lowest BCUT2D eigenvalue weighted by molar-refractivity contribution is -0.128. The van der Waals surface area contributed by atoms with Gasteiger partial charge in [0.1, 0.15) is 12.4 Å². The van der Waals surface area contributed by atoms with E-state index in [0.717, 1.165) is 66.2 Å². The van der Waals surface area contributed by atoms with Crippen LogP contribution in [-0.2, 0) is 22.7 Å². The minimum Gasteiger partial charge on any atom is -0.354 e. The molecule has 1 N–H and O–H groups in total. The normalized spacial score (nSPS) is 15.0. The largest absolute Gasteiger partial charge is 0.354 e. The SMILES string of the molecule is C#Cc1ccc(N2CCN(Cc3c(C)n(CC(=O)NC4CN(C=O)C4)c4ccc(Br)cc34)CC2)nc1.C=CC.CCC. The number of anilines is 1. The summed E-state index contributed by atoms with van der Waals surface area (Å²) < 4.78 is 3.13. The predicted molar refractivity (Wildman–Crippen MR) is 175 cm³/mol. The second kappa shape index (κ2) is 16.1. The van der Waals surface area contributed by atoms with Gasteiger partial charge in [0.25, 0.3) is 0 Å². The molecule has 8 nitrogen and oxygen atoms in total. The molecular weight excluding hydrogens is 592 g/mol. The Kier molecular flexibility index (Phi) is 12.6. The number of carbonyl (C=O) groups is 2. The number of nitrogens with one attached hydrogen (secondary N) is 1. The average Bonchev–Trinajstić information content (AvgIpc) is 3.21. The van der Waals surface area contributed by atoms with Crippen LogP contribution in [-0.4, -0.2) is 77.0 Å². The van der Waals surface area contributed by atoms with E-state index in [9.17, 15) is 9.59 Å². The van der Waals surface area contributed by atoms with Crippen molar-refractivity contribution in [1.82, 2.24) is 24.7 Å². The molecule has 9 heteroatoms. The quantitative estimate of drug-likeness (QED) is 0.226. The van der Waals surface area contributed by atoms with Crippen LogP contribution in [0.15, 0.2) is 53.7 Å². The average molecular weight is 636 g/mol. The molecule has 2 fully saturated rings. The van der Waals surface area contributed by atoms with E-state index in [0.29, 0.717) is 13.1 Å². The van der Waals surface area contributed by atoms with E-state index in [1.165, 1.54) is 17.4 Å². The van der Waals surface area contributed by atoms with Crippen molar-refractivity contribution in [2.75, 3.05) is 44.2 Å². The number of hydrogen-bond donors (Lipinski definition) is 1. The van der Waals surface area contributed by atoms with Crippen molar-refractivity contribution >= 4 is 45.0 Å². The van der Waals surface area contributed by atoms with Crippen molar-refractivity contribution in [1.29, 1.82) is 0 Å². The second-order valence-electron chi connectivity index (χ2n) is 10.6. The maximum absolute atomic E-state index is 12.8. The zero-order valence-electron chi connectivity index (χ0n) is 25.3. The summed E-state index contributed by atoms with van der Waals surface area (Å²) >= 11 is 3.62. The van der Waals surface area contributed by atoms with E-state index in [4.69, 9.17) is 6.42 Å². The van der Waals surface area contributed by atoms with Crippen LogP contribution in [0.5, 0.6) is 0 Å². The number of halogens is 1. The number of pyridine rings is 1. The minimum atomic E-state index is -0.0306. The van der Waals surface area contributed by atoms with Gasteiger partial charge in [0.15, 0.2) is 0 Å². The number of carbonyl (C=O) groups excluding carboxylic acids is 2. The van der Waals surface area contributed by atoms with E-state index >= 15 is 0 Å². The topological polar surface area (TPSA) is 73.7 Å². The molecule has 0 bridgehead atoms. The Hall–Kier alpha value is -3.61. The summed E-state index contributed by atoms with van der Waals surface area (Å²) in [6.45, 7) is 17.5. The van der Waals surface area contributed by atoms with Gasteiger partial charge >= 0.3 is 0 Å². The van der Waals surface area contributed by atoms with Crippen molar-refractivity contribution in [3.8, 4) is 12.3 Å². The Bertz CT molecular complexity index is 1380. The first-order chi connectivity index (χ1) is 20.3. The number of aromatic nitrogens is 2. The molecule has 2 amide bonds. The fourth-order valence-corrected chi connectivity index (χ4v) is 5.41. The lowest BCUT2D eigenvalue weighted by Gasteiger charge is -2.36. The van der Waals surface area contributed by atoms with Gasteiger partial charge in [0, 0.05) is 78.6 Å². The van der Waals surface area contributed by atoms with Crippen molar-refractivity contribution in [3.05, 3.63) is 70.5 Å². The molecule has 3 aromatic rings. The number of nitrogens with zero attached hydrogens (tertiary/aromatic N) is 5. The Balaban J connectivity index is 0.000000745. The van der Waals surface area contributed by atoms with E-state index in [1.807, 2.05) is 25.1 Å². The Morgan fingerprint density at radius 1 is 1.19 bits per heavy atom. The first-order valence-corrected chi connectivity index (χ1v) is 15.3. The highest BCUT2D eigenvalue weighted by molar-refractivity contribution is 9.10. The highest BCUT2D eigenvalue weighted by atomic mass is 79.9. The Morgan fingerprint density at radius 2 is 1.86 bits per heavy atom. The van der Waals surface area contributed by atoms with Gasteiger partial charge in [0.05, 0.1) is 6.04 Å². The summed E-state index contributed by atoms with van der Waals surface area (Å²) in [6.07, 6.45) is 11.0. The third kappa shape index (κ3) is 8.46. The lowest BCUT2D eigenvalue weighted by Crippen LogP contribution is -2.58. The van der Waals surface area contributed by atoms with Crippen molar-refractivity contribution in [3.63, 3.8) is 0 Å². The molecule has 0 saturated carbocycles. The summed E-state index contributed by atoms with van der Waals surface area (Å²) in [6, 6.07) is 10.2. The molecule has 224 valence electrons. The third-order valence-electron chi connectivity index (χ3n) is 7.13. The first-order valence-electron chi connectivity index (χ1n) is 14.5. The molecule has 0 aliphatic carbocycles. The van der Waals surface area contributed by atoms with Crippen LogP contribution in [0.25, 0.3) is 10.9 Å². The molecule has 0 unspecified atom stereocenters. The van der Waals surface area contributed by atoms with Gasteiger partial charge in [-0.05, 0) is 49.7 Å². The standard InChI is InChI=1S/C27H29BrN6O2.C3H8.C3H6/c1-3-20-4-7-26(29-13-20)33-10-8-31(9-11-33)16-24-19(2)34(25-6-5-21(28)12-23(24)25)17-27(36)30-22-14-32(15-22)18-35;2*1-3-2/h1,4-7,12-13,18,22H,8-11,14-17H2,2H3,(H,30,36);3H2,1-2H3;3H,1H2,2H3. The van der Waals surface area contributed by atoms with Crippen LogP contribution >= 0.6 is 15.9 Å². The summed E-state index contributed by atoms with van der Waals surface area (Å²) in [4.78, 5) is 34.5. The monoisotopic (exact) mass is 634 g/mol. The zero-order valence-corrected chi connectivity index (χ0v) is 26.9. The smallest absolute Gasteiger partial charge is 0.240 e. The lowest BCUT2D eigenvalue weighted by atomic mass is 10.1. The van der Waals surface area contributed by atoms with Gasteiger partial charge in [-0.25, -0.2) is 4.98 Å². The maximum atomic E-state index is 12.8. The van der Waals surface area contributed by atoms with E-state index in [-0.39, 0.29) is 18.5 Å². The molecule has 2 aliphatic rings. The Labute approximate surface area is 258 Å². The van der Waals surface area contributed by atoms with Crippen molar-refractivity contribution in [2.45, 2.75) is 53.2 Å². The second-order valence-corrected chi connectivity index (χ2v) is 11.5. The number of benzene rings is 1. The van der Waals surface area contributed by atoms with Crippen molar-refractivity contribution in [2.24, 2.45) is 0 Å². The zero-order chi connectivity index (χ0) is 30.6. The molecule has 42 heavy (non-hydrogen) atoms. The number of terminal acetylenes is 1. The van der Waals surface area contributed by atoms with E-state index < -0.39 is 0 Å². The van der Waals surface area contributed by atoms with Gasteiger partial charge in [-0.2, -0.15) is 0 Å². The first kappa shape index (κ1) is 32.9. The van der Waals surface area contributed by atoms with Gasteiger partial charge in [0.2, 0.25) is 12.3 Å². The Morgan fingerprint density at radius 3 is 2.43 bits per heavy atom. The number of allylic oxidation sites excluding steroid dienone is 1. The maximum Gasteiger partial charge on any atom is 0.240 e. The van der Waals surface area contributed by atoms with Gasteiger partial charge in [-0.3, -0.25) is 14.5 Å². The molecule has 1 aromatic carbocycles. The molecule has 2 aromatic heterocycles. The molecule has 0 spiro atoms. The third-order valence-corrected chi connectivity index (χ3v) is 7.63. The van der Waals surface area contributed by atoms with Crippen LogP contribution in [0, 0.1) is 19.3 Å². The van der Waals surface area contributed by atoms with Crippen LogP contribution in [0.2, 0.25) is 0 Å². The van der Waals surface area contributed by atoms with Crippen LogP contribution < -0.4 is 10.2 Å². The number of hydrogen-bond acceptors (Lipinski definition) is 5. The molecule has 2 aliphatic heterocycles. The number of fused-ring (bicyclic) bond motifs is 1. The number of piperazine rings is 1.